The number of carbonyl (C=O) groups excluding carboxylic acids is 6. The van der Waals surface area contributed by atoms with Crippen LogP contribution in [-0.4, -0.2) is 138 Å². The molecule has 5 unspecified atom stereocenters. The maximum absolute atomic E-state index is 14.5. The fourth-order valence-electron chi connectivity index (χ4n) is 10.5. The van der Waals surface area contributed by atoms with Gasteiger partial charge in [0, 0.05) is 58.5 Å². The van der Waals surface area contributed by atoms with Crippen LogP contribution < -0.4 is 0 Å². The number of halogens is 1. The third kappa shape index (κ3) is 15.8. The number of ether oxygens (including phenoxy) is 6. The van der Waals surface area contributed by atoms with E-state index in [9.17, 15) is 39.0 Å². The lowest BCUT2D eigenvalue weighted by Gasteiger charge is -2.42. The maximum Gasteiger partial charge on any atom is 0.329 e. The van der Waals surface area contributed by atoms with Gasteiger partial charge in [0.2, 0.25) is 5.79 Å². The van der Waals surface area contributed by atoms with Crippen LogP contribution in [0, 0.1) is 35.5 Å². The number of fused-ring (bicyclic) bond motifs is 3. The number of alkyl halides is 1. The van der Waals surface area contributed by atoms with Crippen LogP contribution in [0.4, 0.5) is 0 Å². The standard InChI is InChI=1S/C54H82BrNO14/c1-31-17-13-12-14-18-32(2)44(65-9)29-40-22-20-37(7)54(64,70-40)50(60)51(61)56-24-16-15-19-41(56)53(63)69-45(34(4)27-39-21-23-43(46(28-39)66-10)68-52(62)38(8)55)30-42(57)33(3)26-36(6)48(59)49(67-11)47(58)35(5)25-31/h12-14,17-18,26,31,33-35,37-41,43-46,48-49,59,64H,15-16,19-25,27-30H2,1-11H3/b14-12+,17-13+,32-18+,36-26+/t31?,33?,34-,35+,37+,38?,39-,40-,41?,43+,44-,45-,46+,48+,49?,54+/m0/s1. The number of ketones is 3. The van der Waals surface area contributed by atoms with Crippen molar-refractivity contribution in [2.75, 3.05) is 27.9 Å². The van der Waals surface area contributed by atoms with Crippen molar-refractivity contribution in [2.45, 2.75) is 192 Å². The molecular formula is C54H82BrNO14. The molecule has 0 spiro atoms. The van der Waals surface area contributed by atoms with Crippen molar-refractivity contribution < 1.29 is 67.4 Å². The van der Waals surface area contributed by atoms with Gasteiger partial charge in [-0.25, -0.2) is 4.79 Å². The second kappa shape index (κ2) is 27.6. The smallest absolute Gasteiger partial charge is 0.329 e. The molecule has 15 nitrogen and oxygen atoms in total. The van der Waals surface area contributed by atoms with Gasteiger partial charge in [0.25, 0.3) is 11.7 Å². The van der Waals surface area contributed by atoms with Gasteiger partial charge in [-0.05, 0) is 114 Å². The predicted octanol–water partition coefficient (Wildman–Crippen LogP) is 7.51. The fraction of sp³-hybridized carbons (Fsp3) is 0.741. The molecule has 3 aliphatic heterocycles. The Labute approximate surface area is 424 Å². The number of piperidine rings is 1. The summed E-state index contributed by atoms with van der Waals surface area (Å²) < 4.78 is 35.4. The van der Waals surface area contributed by atoms with E-state index in [0.717, 1.165) is 5.57 Å². The molecule has 3 heterocycles. The number of hydrogen-bond acceptors (Lipinski definition) is 14. The molecule has 3 fully saturated rings. The molecule has 0 aromatic rings. The Balaban J connectivity index is 1.70. The van der Waals surface area contributed by atoms with E-state index in [0.29, 0.717) is 69.8 Å². The minimum Gasteiger partial charge on any atom is -0.460 e. The largest absolute Gasteiger partial charge is 0.460 e. The first-order valence-electron chi connectivity index (χ1n) is 25.4. The molecule has 0 aromatic heterocycles. The quantitative estimate of drug-likeness (QED) is 0.105. The average Bonchev–Trinajstić information content (AvgIpc) is 3.33. The number of hydrogen-bond donors (Lipinski definition) is 2. The highest BCUT2D eigenvalue weighted by molar-refractivity contribution is 9.10. The minimum absolute atomic E-state index is 0.00825. The Morgan fingerprint density at radius 2 is 1.59 bits per heavy atom. The summed E-state index contributed by atoms with van der Waals surface area (Å²) in [6, 6.07) is -1.17. The number of rotatable bonds is 8. The van der Waals surface area contributed by atoms with E-state index < -0.39 is 88.7 Å². The zero-order chi connectivity index (χ0) is 52.0. The summed E-state index contributed by atoms with van der Waals surface area (Å²) in [5.74, 6) is -8.59. The number of aliphatic hydroxyl groups is 2. The normalized spacial score (nSPS) is 38.7. The van der Waals surface area contributed by atoms with Crippen LogP contribution in [0.5, 0.6) is 0 Å². The highest BCUT2D eigenvalue weighted by Gasteiger charge is 2.53. The lowest BCUT2D eigenvalue weighted by atomic mass is 9.78. The maximum atomic E-state index is 14.5. The number of Topliss-reactive ketones (excluding diaryl/α,β-unsaturated/α-hetero) is 3. The van der Waals surface area contributed by atoms with Gasteiger partial charge in [0.15, 0.2) is 5.78 Å². The van der Waals surface area contributed by atoms with E-state index in [1.807, 2.05) is 58.1 Å². The summed E-state index contributed by atoms with van der Waals surface area (Å²) in [5.41, 5.74) is 1.25. The van der Waals surface area contributed by atoms with Gasteiger partial charge in [-0.15, -0.1) is 0 Å². The van der Waals surface area contributed by atoms with E-state index in [-0.39, 0.29) is 60.8 Å². The highest BCUT2D eigenvalue weighted by Crippen LogP contribution is 2.38. The fourth-order valence-corrected chi connectivity index (χ4v) is 10.6. The van der Waals surface area contributed by atoms with Crippen LogP contribution in [0.15, 0.2) is 47.6 Å². The topological polar surface area (TPSA) is 201 Å². The molecule has 16 heteroatoms. The van der Waals surface area contributed by atoms with Gasteiger partial charge in [0.1, 0.15) is 41.1 Å². The molecule has 394 valence electrons. The Hall–Kier alpha value is -3.38. The van der Waals surface area contributed by atoms with Gasteiger partial charge in [-0.1, -0.05) is 87.0 Å². The molecule has 1 saturated carbocycles. The predicted molar refractivity (Wildman–Crippen MR) is 267 cm³/mol. The zero-order valence-electron chi connectivity index (χ0n) is 43.4. The van der Waals surface area contributed by atoms with Gasteiger partial charge >= 0.3 is 11.9 Å². The molecule has 2 N–H and O–H groups in total. The molecule has 4 rings (SSSR count). The van der Waals surface area contributed by atoms with Crippen molar-refractivity contribution in [2.24, 2.45) is 35.5 Å². The zero-order valence-corrected chi connectivity index (χ0v) is 45.0. The lowest BCUT2D eigenvalue weighted by Crippen LogP contribution is -2.61. The molecule has 1 aliphatic carbocycles. The summed E-state index contributed by atoms with van der Waals surface area (Å²) >= 11 is 3.28. The minimum atomic E-state index is -2.45. The van der Waals surface area contributed by atoms with E-state index in [1.54, 1.807) is 48.0 Å². The third-order valence-electron chi connectivity index (χ3n) is 15.0. The van der Waals surface area contributed by atoms with Crippen molar-refractivity contribution in [1.82, 2.24) is 4.90 Å². The molecule has 0 radical (unpaired) electrons. The SMILES string of the molecule is COC1C(=O)[C@H](C)CC(C)/C=C/C=C/C=C(\C)[C@@H](OC)C[C@@H]2CC[C@@H](C)[C@@](O)(O2)C(=O)C(=O)N2CCCCC2C(=O)O[C@H]([C@@H](C)C[C@@H]2CC[C@@H](OC(=O)C(C)Br)[C@H](OC)C2)CC(=O)C(C)/C=C(\C)[C@H]1O. The van der Waals surface area contributed by atoms with Crippen LogP contribution in [-0.2, 0) is 57.2 Å². The molecule has 0 aromatic carbocycles. The Morgan fingerprint density at radius 3 is 2.24 bits per heavy atom. The van der Waals surface area contributed by atoms with Crippen LogP contribution >= 0.6 is 15.9 Å². The van der Waals surface area contributed by atoms with E-state index >= 15 is 0 Å². The summed E-state index contributed by atoms with van der Waals surface area (Å²) in [5, 5.41) is 23.5. The van der Waals surface area contributed by atoms with Crippen molar-refractivity contribution >= 4 is 51.1 Å². The van der Waals surface area contributed by atoms with Crippen LogP contribution in [0.1, 0.15) is 132 Å². The molecular weight excluding hydrogens is 966 g/mol. The third-order valence-corrected chi connectivity index (χ3v) is 15.4. The Morgan fingerprint density at radius 1 is 0.871 bits per heavy atom. The van der Waals surface area contributed by atoms with Gasteiger partial charge in [-0.3, -0.25) is 24.0 Å². The Kier molecular flexibility index (Phi) is 23.3. The van der Waals surface area contributed by atoms with Gasteiger partial charge in [-0.2, -0.15) is 0 Å². The van der Waals surface area contributed by atoms with Crippen molar-refractivity contribution in [3.63, 3.8) is 0 Å². The number of carbonyl (C=O) groups is 6. The van der Waals surface area contributed by atoms with Crippen molar-refractivity contribution in [1.29, 1.82) is 0 Å². The summed E-state index contributed by atoms with van der Waals surface area (Å²) in [6.07, 6.45) is 11.0. The number of amides is 1. The van der Waals surface area contributed by atoms with Crippen molar-refractivity contribution in [3.05, 3.63) is 47.6 Å². The van der Waals surface area contributed by atoms with Crippen LogP contribution in [0.3, 0.4) is 0 Å². The number of nitrogens with zero attached hydrogens (tertiary/aromatic N) is 1. The molecule has 2 bridgehead atoms. The van der Waals surface area contributed by atoms with Gasteiger partial charge < -0.3 is 43.5 Å². The number of aliphatic hydroxyl groups excluding tert-OH is 1. The lowest BCUT2D eigenvalue weighted by molar-refractivity contribution is -0.265. The van der Waals surface area contributed by atoms with Crippen LogP contribution in [0.25, 0.3) is 0 Å². The molecule has 16 atom stereocenters. The van der Waals surface area contributed by atoms with Gasteiger partial charge in [0.05, 0.1) is 18.3 Å². The summed E-state index contributed by atoms with van der Waals surface area (Å²) in [7, 11) is 4.52. The molecule has 4 aliphatic rings. The number of methoxy groups -OCH3 is 3. The first-order valence-corrected chi connectivity index (χ1v) is 26.3. The highest BCUT2D eigenvalue weighted by atomic mass is 79.9. The first kappa shape index (κ1) is 59.2. The molecule has 2 saturated heterocycles. The second-order valence-corrected chi connectivity index (χ2v) is 22.0. The monoisotopic (exact) mass is 1050 g/mol. The number of allylic oxidation sites excluding steroid dienone is 6. The van der Waals surface area contributed by atoms with E-state index in [4.69, 9.17) is 28.4 Å². The Bertz CT molecular complexity index is 1930. The van der Waals surface area contributed by atoms with E-state index in [2.05, 4.69) is 15.9 Å². The average molecular weight is 1050 g/mol. The summed E-state index contributed by atoms with van der Waals surface area (Å²) in [6.45, 7) is 14.4. The molecule has 1 amide bonds. The first-order chi connectivity index (χ1) is 33.1. The number of esters is 2. The second-order valence-electron chi connectivity index (χ2n) is 20.6. The van der Waals surface area contributed by atoms with E-state index in [1.165, 1.54) is 12.0 Å². The summed E-state index contributed by atoms with van der Waals surface area (Å²) in [4.78, 5) is 84.3. The van der Waals surface area contributed by atoms with Crippen molar-refractivity contribution in [3.8, 4) is 0 Å². The molecule has 70 heavy (non-hydrogen) atoms. The van der Waals surface area contributed by atoms with Crippen LogP contribution in [0.2, 0.25) is 0 Å². The number of cyclic esters (lactones) is 1.